The normalized spacial score (nSPS) is 38.4. The van der Waals surface area contributed by atoms with Gasteiger partial charge in [0.2, 0.25) is 0 Å². The predicted molar refractivity (Wildman–Crippen MR) is 78.4 cm³/mol. The summed E-state index contributed by atoms with van der Waals surface area (Å²) in [5.74, 6) is -0.141. The Morgan fingerprint density at radius 1 is 1.27 bits per heavy atom. The average Bonchev–Trinajstić information content (AvgIpc) is 2.89. The van der Waals surface area contributed by atoms with Crippen LogP contribution >= 0.6 is 0 Å². The number of methoxy groups -OCH3 is 1. The van der Waals surface area contributed by atoms with Crippen LogP contribution in [-0.2, 0) is 23.9 Å². The van der Waals surface area contributed by atoms with Gasteiger partial charge in [-0.2, -0.15) is 0 Å². The summed E-state index contributed by atoms with van der Waals surface area (Å²) in [5.41, 5.74) is -0.179. The molecule has 0 radical (unpaired) electrons. The number of rotatable bonds is 5. The Hall–Kier alpha value is -0.690. The fourth-order valence-electron chi connectivity index (χ4n) is 4.05. The van der Waals surface area contributed by atoms with Crippen LogP contribution in [0.1, 0.15) is 58.3 Å². The Bertz CT molecular complexity index is 404. The lowest BCUT2D eigenvalue weighted by Gasteiger charge is -2.46. The number of unbranched alkanes of at least 4 members (excludes halogenated alkanes) is 1. The van der Waals surface area contributed by atoms with E-state index in [-0.39, 0.29) is 23.7 Å². The number of carbonyl (C=O) groups is 1. The third-order valence-corrected chi connectivity index (χ3v) is 5.26. The SMILES string of the molecule is CCCCO[C@@H]1CC[C@@]23CCCC[C@@H]2[C@H](C(=O)OC)ON3O1. The first kappa shape index (κ1) is 16.2. The summed E-state index contributed by atoms with van der Waals surface area (Å²) in [5, 5.41) is 1.60. The zero-order valence-corrected chi connectivity index (χ0v) is 13.6. The molecule has 3 rings (SSSR count). The van der Waals surface area contributed by atoms with Gasteiger partial charge in [-0.05, 0) is 25.7 Å². The Morgan fingerprint density at radius 3 is 2.91 bits per heavy atom. The van der Waals surface area contributed by atoms with Crippen LogP contribution in [-0.4, -0.2) is 42.8 Å². The molecule has 3 aliphatic rings. The number of hydrogen-bond acceptors (Lipinski definition) is 6. The van der Waals surface area contributed by atoms with Crippen LogP contribution in [0, 0.1) is 5.92 Å². The molecule has 1 saturated carbocycles. The molecule has 2 aliphatic heterocycles. The summed E-state index contributed by atoms with van der Waals surface area (Å²) >= 11 is 0. The molecule has 1 aliphatic carbocycles. The van der Waals surface area contributed by atoms with Crippen molar-refractivity contribution >= 4 is 5.97 Å². The minimum atomic E-state index is -0.542. The van der Waals surface area contributed by atoms with E-state index in [1.807, 2.05) is 0 Å². The number of hydrogen-bond donors (Lipinski definition) is 0. The van der Waals surface area contributed by atoms with Crippen molar-refractivity contribution in [3.05, 3.63) is 0 Å². The zero-order chi connectivity index (χ0) is 15.6. The highest BCUT2D eigenvalue weighted by Crippen LogP contribution is 2.52. The summed E-state index contributed by atoms with van der Waals surface area (Å²) in [6, 6.07) is 0. The molecule has 0 amide bonds. The van der Waals surface area contributed by atoms with Crippen molar-refractivity contribution in [1.29, 1.82) is 0 Å². The maximum atomic E-state index is 12.0. The van der Waals surface area contributed by atoms with Gasteiger partial charge in [0.15, 0.2) is 12.4 Å². The fraction of sp³-hybridized carbons (Fsp3) is 0.938. The topological polar surface area (TPSA) is 57.2 Å². The van der Waals surface area contributed by atoms with Crippen LogP contribution < -0.4 is 0 Å². The van der Waals surface area contributed by atoms with Gasteiger partial charge >= 0.3 is 5.97 Å². The van der Waals surface area contributed by atoms with E-state index in [9.17, 15) is 4.79 Å². The third-order valence-electron chi connectivity index (χ3n) is 5.26. The molecule has 0 N–H and O–H groups in total. The molecule has 6 heteroatoms. The second kappa shape index (κ2) is 6.83. The quantitative estimate of drug-likeness (QED) is 0.574. The van der Waals surface area contributed by atoms with Crippen LogP contribution in [0.15, 0.2) is 0 Å². The van der Waals surface area contributed by atoms with Gasteiger partial charge in [-0.1, -0.05) is 31.4 Å². The van der Waals surface area contributed by atoms with Gasteiger partial charge in [-0.15, -0.1) is 0 Å². The van der Waals surface area contributed by atoms with E-state index in [1.54, 1.807) is 5.23 Å². The maximum Gasteiger partial charge on any atom is 0.337 e. The van der Waals surface area contributed by atoms with Crippen LogP contribution in [0.2, 0.25) is 0 Å². The number of hydroxylamine groups is 2. The summed E-state index contributed by atoms with van der Waals surface area (Å²) in [7, 11) is 1.41. The molecule has 0 aromatic carbocycles. The van der Waals surface area contributed by atoms with Crippen molar-refractivity contribution in [1.82, 2.24) is 5.23 Å². The summed E-state index contributed by atoms with van der Waals surface area (Å²) < 4.78 is 10.7. The number of carbonyl (C=O) groups excluding carboxylic acids is 1. The standard InChI is InChI=1S/C16H27NO5/c1-3-4-11-20-13-8-10-16-9-6-5-7-12(16)14(15(18)19-2)22-17(16)21-13/h12-14H,3-11H2,1-2H3/t12-,13+,14-,16+/m1/s1. The summed E-state index contributed by atoms with van der Waals surface area (Å²) in [4.78, 5) is 23.8. The highest BCUT2D eigenvalue weighted by molar-refractivity contribution is 5.75. The van der Waals surface area contributed by atoms with Crippen molar-refractivity contribution < 1.29 is 23.9 Å². The van der Waals surface area contributed by atoms with Crippen LogP contribution in [0.25, 0.3) is 0 Å². The second-order valence-electron chi connectivity index (χ2n) is 6.56. The zero-order valence-electron chi connectivity index (χ0n) is 13.6. The van der Waals surface area contributed by atoms with Gasteiger partial charge in [-0.25, -0.2) is 9.63 Å². The lowest BCUT2D eigenvalue weighted by Crippen LogP contribution is -2.55. The van der Waals surface area contributed by atoms with E-state index in [1.165, 1.54) is 7.11 Å². The van der Waals surface area contributed by atoms with Crippen molar-refractivity contribution in [2.45, 2.75) is 76.2 Å². The van der Waals surface area contributed by atoms with Gasteiger partial charge in [0.05, 0.1) is 12.6 Å². The van der Waals surface area contributed by atoms with Crippen molar-refractivity contribution in [2.24, 2.45) is 5.92 Å². The summed E-state index contributed by atoms with van der Waals surface area (Å²) in [6.45, 7) is 2.84. The van der Waals surface area contributed by atoms with Crippen LogP contribution in [0.4, 0.5) is 0 Å². The number of nitrogens with zero attached hydrogens (tertiary/aromatic N) is 1. The molecule has 2 heterocycles. The van der Waals surface area contributed by atoms with Crippen molar-refractivity contribution in [2.75, 3.05) is 13.7 Å². The Kier molecular flexibility index (Phi) is 5.02. The minimum absolute atomic E-state index is 0.158. The molecule has 0 bridgehead atoms. The Balaban J connectivity index is 1.70. The fourth-order valence-corrected chi connectivity index (χ4v) is 4.05. The molecule has 3 fully saturated rings. The highest BCUT2D eigenvalue weighted by Gasteiger charge is 2.61. The lowest BCUT2D eigenvalue weighted by atomic mass is 9.68. The van der Waals surface area contributed by atoms with E-state index in [2.05, 4.69) is 6.92 Å². The average molecular weight is 313 g/mol. The molecule has 4 atom stereocenters. The maximum absolute atomic E-state index is 12.0. The van der Waals surface area contributed by atoms with Crippen molar-refractivity contribution in [3.8, 4) is 0 Å². The van der Waals surface area contributed by atoms with Gasteiger partial charge in [0.1, 0.15) is 0 Å². The smallest absolute Gasteiger partial charge is 0.337 e. The Labute approximate surface area is 131 Å². The lowest BCUT2D eigenvalue weighted by molar-refractivity contribution is -0.454. The van der Waals surface area contributed by atoms with Gasteiger partial charge in [0, 0.05) is 18.9 Å². The van der Waals surface area contributed by atoms with Crippen molar-refractivity contribution in [3.63, 3.8) is 0 Å². The minimum Gasteiger partial charge on any atom is -0.467 e. The Morgan fingerprint density at radius 2 is 2.14 bits per heavy atom. The highest BCUT2D eigenvalue weighted by atomic mass is 17.0. The molecular formula is C16H27NO5. The van der Waals surface area contributed by atoms with Gasteiger partial charge in [-0.3, -0.25) is 4.84 Å². The first-order valence-electron chi connectivity index (χ1n) is 8.54. The molecule has 6 nitrogen and oxygen atoms in total. The van der Waals surface area contributed by atoms with Crippen LogP contribution in [0.3, 0.4) is 0 Å². The van der Waals surface area contributed by atoms with E-state index >= 15 is 0 Å². The first-order valence-corrected chi connectivity index (χ1v) is 8.54. The van der Waals surface area contributed by atoms with Gasteiger partial charge in [0.25, 0.3) is 0 Å². The molecular weight excluding hydrogens is 286 g/mol. The monoisotopic (exact) mass is 313 g/mol. The van der Waals surface area contributed by atoms with E-state index in [4.69, 9.17) is 19.1 Å². The first-order chi connectivity index (χ1) is 10.7. The largest absolute Gasteiger partial charge is 0.467 e. The molecule has 22 heavy (non-hydrogen) atoms. The van der Waals surface area contributed by atoms with Crippen LogP contribution in [0.5, 0.6) is 0 Å². The van der Waals surface area contributed by atoms with Gasteiger partial charge < -0.3 is 9.47 Å². The third kappa shape index (κ3) is 2.77. The number of esters is 1. The second-order valence-corrected chi connectivity index (χ2v) is 6.56. The molecule has 2 saturated heterocycles. The van der Waals surface area contributed by atoms with E-state index in [0.29, 0.717) is 6.61 Å². The van der Waals surface area contributed by atoms with E-state index in [0.717, 1.165) is 51.4 Å². The predicted octanol–water partition coefficient (Wildman–Crippen LogP) is 2.57. The number of ether oxygens (including phenoxy) is 2. The molecule has 126 valence electrons. The van der Waals surface area contributed by atoms with E-state index < -0.39 is 6.10 Å². The summed E-state index contributed by atoms with van der Waals surface area (Å²) in [6.07, 6.45) is 7.39. The molecule has 0 aromatic rings. The molecule has 0 aromatic heterocycles. The molecule has 1 spiro atoms. The molecule has 0 unspecified atom stereocenters.